The van der Waals surface area contributed by atoms with E-state index in [1.54, 1.807) is 26.9 Å². The fourth-order valence-electron chi connectivity index (χ4n) is 6.06. The molecule has 0 unspecified atom stereocenters. The minimum atomic E-state index is -0.163. The number of hydrogen-bond donors (Lipinski definition) is 3. The van der Waals surface area contributed by atoms with Gasteiger partial charge in [-0.15, -0.1) is 0 Å². The molecule has 0 atom stereocenters. The lowest BCUT2D eigenvalue weighted by atomic mass is 10.1. The molecule has 3 heterocycles. The van der Waals surface area contributed by atoms with Gasteiger partial charge in [0.2, 0.25) is 0 Å². The lowest BCUT2D eigenvalue weighted by Gasteiger charge is -2.06. The van der Waals surface area contributed by atoms with Crippen LogP contribution in [0.15, 0.2) is 128 Å². The summed E-state index contributed by atoms with van der Waals surface area (Å²) in [4.78, 5) is 15.8. The summed E-state index contributed by atoms with van der Waals surface area (Å²) in [5.74, 6) is 1.09. The van der Waals surface area contributed by atoms with Gasteiger partial charge in [-0.25, -0.2) is 15.0 Å². The highest BCUT2D eigenvalue weighted by atomic mass is 79.9. The molecule has 6 aromatic carbocycles. The molecule has 0 aliphatic carbocycles. The van der Waals surface area contributed by atoms with Crippen LogP contribution in [0.2, 0.25) is 15.1 Å². The summed E-state index contributed by atoms with van der Waals surface area (Å²) >= 11 is 20.7. The summed E-state index contributed by atoms with van der Waals surface area (Å²) in [6.07, 6.45) is 5.22. The number of aryl methyl sites for hydroxylation is 2. The Kier molecular flexibility index (Phi) is 16.5. The van der Waals surface area contributed by atoms with E-state index in [0.717, 1.165) is 49.6 Å². The lowest BCUT2D eigenvalue weighted by Crippen LogP contribution is -1.98. The van der Waals surface area contributed by atoms with Gasteiger partial charge in [-0.1, -0.05) is 94.6 Å². The maximum Gasteiger partial charge on any atom is 0.163 e. The first kappa shape index (κ1) is 46.3. The Morgan fingerprint density at radius 1 is 0.574 bits per heavy atom. The molecule has 14 heteroatoms. The molecular formula is C47H46BrCl3N6O4. The number of nitrogens with one attached hydrogen (secondary N) is 1. The minimum absolute atomic E-state index is 0. The maximum absolute atomic E-state index is 9.55. The highest BCUT2D eigenvalue weighted by molar-refractivity contribution is 9.08. The molecule has 9 aromatic rings. The van der Waals surface area contributed by atoms with Crippen molar-refractivity contribution < 1.29 is 19.7 Å². The normalized spacial score (nSPS) is 10.5. The van der Waals surface area contributed by atoms with Crippen molar-refractivity contribution in [1.82, 2.24) is 29.1 Å². The van der Waals surface area contributed by atoms with Crippen LogP contribution < -0.4 is 9.47 Å². The molecule has 0 bridgehead atoms. The Hall–Kier alpha value is -5.72. The third kappa shape index (κ3) is 12.2. The number of ether oxygens (including phenoxy) is 2. The summed E-state index contributed by atoms with van der Waals surface area (Å²) in [5.41, 5.74) is 11.6. The first-order valence-electron chi connectivity index (χ1n) is 18.6. The van der Waals surface area contributed by atoms with E-state index >= 15 is 0 Å². The molecule has 0 aliphatic heterocycles. The number of nitrogens with zero attached hydrogens (tertiary/aromatic N) is 5. The van der Waals surface area contributed by atoms with E-state index in [9.17, 15) is 10.2 Å². The van der Waals surface area contributed by atoms with Crippen molar-refractivity contribution in [3.63, 3.8) is 0 Å². The predicted molar refractivity (Wildman–Crippen MR) is 253 cm³/mol. The number of alkyl halides is 1. The van der Waals surface area contributed by atoms with Gasteiger partial charge in [0, 0.05) is 57.8 Å². The van der Waals surface area contributed by atoms with E-state index in [1.165, 1.54) is 39.9 Å². The fraction of sp³-hybridized carbons (Fsp3) is 0.170. The van der Waals surface area contributed by atoms with Crippen molar-refractivity contribution in [3.8, 4) is 23.0 Å². The third-order valence-electron chi connectivity index (χ3n) is 9.48. The van der Waals surface area contributed by atoms with Gasteiger partial charge in [0.15, 0.2) is 23.0 Å². The SMILES string of the molecule is C.COc1cc2nc[nH]c2cc1OC.Cc1cc2ncn(Cc3ccc(Cl)cc3)c2cc1C.Clc1ccc(CBr)cc1.Oc1cc2ncn(Cc3ccc(Cl)cc3)c2cc1O. The van der Waals surface area contributed by atoms with Gasteiger partial charge in [-0.3, -0.25) is 0 Å². The summed E-state index contributed by atoms with van der Waals surface area (Å²) in [7, 11) is 3.22. The van der Waals surface area contributed by atoms with Crippen LogP contribution in [-0.2, 0) is 18.4 Å². The van der Waals surface area contributed by atoms with Gasteiger partial charge >= 0.3 is 0 Å². The molecule has 9 rings (SSSR count). The number of aromatic amines is 1. The zero-order valence-corrected chi connectivity index (χ0v) is 37.1. The van der Waals surface area contributed by atoms with Crippen molar-refractivity contribution in [1.29, 1.82) is 0 Å². The molecule has 316 valence electrons. The second kappa shape index (κ2) is 21.7. The smallest absolute Gasteiger partial charge is 0.163 e. The highest BCUT2D eigenvalue weighted by Crippen LogP contribution is 2.31. The van der Waals surface area contributed by atoms with Gasteiger partial charge in [0.05, 0.1) is 66.3 Å². The van der Waals surface area contributed by atoms with Gasteiger partial charge in [0.25, 0.3) is 0 Å². The number of methoxy groups -OCH3 is 2. The van der Waals surface area contributed by atoms with E-state index in [1.807, 2.05) is 83.7 Å². The Labute approximate surface area is 378 Å². The minimum Gasteiger partial charge on any atom is -0.504 e. The monoisotopic (exact) mass is 942 g/mol. The number of halogens is 4. The number of rotatable bonds is 7. The molecule has 3 N–H and O–H groups in total. The zero-order valence-electron chi connectivity index (χ0n) is 33.2. The van der Waals surface area contributed by atoms with Crippen molar-refractivity contribution in [2.45, 2.75) is 39.7 Å². The van der Waals surface area contributed by atoms with E-state index in [0.29, 0.717) is 28.6 Å². The average Bonchev–Trinajstić information content (AvgIpc) is 3.99. The number of hydrogen-bond acceptors (Lipinski definition) is 7. The first-order chi connectivity index (χ1) is 28.9. The highest BCUT2D eigenvalue weighted by Gasteiger charge is 2.09. The number of imidazole rings is 3. The standard InChI is InChI=1S/C16H15ClN2.C14H11ClN2O2.C9H10N2O2.C7H6BrCl.CH4/c1-11-7-15-16(8-12(11)2)19(10-18-15)9-13-3-5-14(17)6-4-13;15-10-3-1-9(2-4-10)7-17-8-16-11-5-13(18)14(19)6-12(11)17;1-12-8-3-6-7(11-5-10-6)4-9(8)13-2;8-5-6-1-3-7(9)4-2-6;/h3-8,10H,9H2,1-2H3;1-6,8,18-19H,7H2;3-5H,1-2H3,(H,10,11);1-4H,5H2;1H4. The molecule has 0 aliphatic rings. The van der Waals surface area contributed by atoms with Crippen LogP contribution in [0.5, 0.6) is 23.0 Å². The van der Waals surface area contributed by atoms with Crippen LogP contribution in [-0.4, -0.2) is 53.5 Å². The number of fused-ring (bicyclic) bond motifs is 3. The van der Waals surface area contributed by atoms with E-state index in [2.05, 4.69) is 78.5 Å². The van der Waals surface area contributed by atoms with Crippen molar-refractivity contribution in [3.05, 3.63) is 171 Å². The summed E-state index contributed by atoms with van der Waals surface area (Å²) in [6, 6.07) is 34.3. The summed E-state index contributed by atoms with van der Waals surface area (Å²) in [6.45, 7) is 5.69. The number of aromatic hydroxyl groups is 2. The predicted octanol–water partition coefficient (Wildman–Crippen LogP) is 13.0. The Bertz CT molecular complexity index is 2640. The van der Waals surface area contributed by atoms with Gasteiger partial charge in [-0.2, -0.15) is 0 Å². The summed E-state index contributed by atoms with van der Waals surface area (Å²) in [5, 5.41) is 22.1. The molecule has 3 aromatic heterocycles. The molecule has 0 spiro atoms. The Morgan fingerprint density at radius 2 is 1.02 bits per heavy atom. The van der Waals surface area contributed by atoms with Gasteiger partial charge in [0.1, 0.15) is 0 Å². The number of aromatic nitrogens is 6. The second-order valence-corrected chi connectivity index (χ2v) is 15.5. The topological polar surface area (TPSA) is 123 Å². The van der Waals surface area contributed by atoms with Gasteiger partial charge in [-0.05, 0) is 90.2 Å². The van der Waals surface area contributed by atoms with Crippen LogP contribution in [0.4, 0.5) is 0 Å². The number of phenols is 2. The average molecular weight is 945 g/mol. The Balaban J connectivity index is 0.000000159. The Morgan fingerprint density at radius 3 is 1.52 bits per heavy atom. The lowest BCUT2D eigenvalue weighted by molar-refractivity contribution is 0.356. The van der Waals surface area contributed by atoms with E-state index < -0.39 is 0 Å². The van der Waals surface area contributed by atoms with Crippen LogP contribution >= 0.6 is 50.7 Å². The largest absolute Gasteiger partial charge is 0.504 e. The molecule has 61 heavy (non-hydrogen) atoms. The van der Waals surface area contributed by atoms with Crippen molar-refractivity contribution in [2.75, 3.05) is 14.2 Å². The number of H-pyrrole nitrogens is 1. The molecule has 10 nitrogen and oxygen atoms in total. The van der Waals surface area contributed by atoms with Crippen LogP contribution in [0, 0.1) is 13.8 Å². The molecule has 0 saturated heterocycles. The molecule has 0 saturated carbocycles. The van der Waals surface area contributed by atoms with Crippen molar-refractivity contribution >= 4 is 83.8 Å². The molecular weight excluding hydrogens is 899 g/mol. The zero-order chi connectivity index (χ0) is 42.8. The van der Waals surface area contributed by atoms with Crippen LogP contribution in [0.3, 0.4) is 0 Å². The quantitative estimate of drug-likeness (QED) is 0.107. The fourth-order valence-corrected chi connectivity index (χ4v) is 6.81. The first-order valence-corrected chi connectivity index (χ1v) is 20.8. The van der Waals surface area contributed by atoms with E-state index in [4.69, 9.17) is 44.3 Å². The number of phenolic OH excluding ortho intramolecular Hbond substituents is 2. The summed E-state index contributed by atoms with van der Waals surface area (Å²) < 4.78 is 14.3. The number of benzene rings is 6. The molecule has 0 radical (unpaired) electrons. The third-order valence-corrected chi connectivity index (χ3v) is 10.9. The van der Waals surface area contributed by atoms with Crippen molar-refractivity contribution in [2.24, 2.45) is 0 Å². The van der Waals surface area contributed by atoms with Crippen LogP contribution in [0.1, 0.15) is 35.2 Å². The second-order valence-electron chi connectivity index (χ2n) is 13.6. The van der Waals surface area contributed by atoms with E-state index in [-0.39, 0.29) is 18.9 Å². The molecule has 0 fully saturated rings. The van der Waals surface area contributed by atoms with Gasteiger partial charge < -0.3 is 33.8 Å². The molecule has 0 amide bonds. The maximum atomic E-state index is 9.55. The van der Waals surface area contributed by atoms with Crippen LogP contribution in [0.25, 0.3) is 33.1 Å².